The summed E-state index contributed by atoms with van der Waals surface area (Å²) in [7, 11) is 0. The Hall–Kier alpha value is -2.54. The Morgan fingerprint density at radius 1 is 1.08 bits per heavy atom. The Kier molecular flexibility index (Phi) is 5.06. The lowest BCUT2D eigenvalue weighted by Crippen LogP contribution is -2.38. The monoisotopic (exact) mass is 368 g/mol. The van der Waals surface area contributed by atoms with Crippen molar-refractivity contribution < 1.29 is 9.21 Å². The first-order valence-corrected chi connectivity index (χ1v) is 9.67. The zero-order chi connectivity index (χ0) is 17.8. The van der Waals surface area contributed by atoms with Crippen molar-refractivity contribution in [3.05, 3.63) is 54.2 Å². The molecule has 1 unspecified atom stereocenters. The fraction of sp³-hybridized carbons (Fsp3) is 0.316. The lowest BCUT2D eigenvalue weighted by atomic mass is 10.1. The van der Waals surface area contributed by atoms with Crippen LogP contribution in [0, 0.1) is 0 Å². The summed E-state index contributed by atoms with van der Waals surface area (Å²) < 4.78 is 5.76. The lowest BCUT2D eigenvalue weighted by molar-refractivity contribution is -0.131. The highest BCUT2D eigenvalue weighted by Gasteiger charge is 2.29. The van der Waals surface area contributed by atoms with Crippen LogP contribution in [0.5, 0.6) is 0 Å². The van der Waals surface area contributed by atoms with Gasteiger partial charge < -0.3 is 14.3 Å². The summed E-state index contributed by atoms with van der Waals surface area (Å²) in [5.74, 6) is 0.537. The summed E-state index contributed by atoms with van der Waals surface area (Å²) in [5, 5.41) is 8.22. The molecular formula is C19H20N4O2S. The predicted octanol–water partition coefficient (Wildman–Crippen LogP) is 3.91. The maximum atomic E-state index is 13.1. The van der Waals surface area contributed by atoms with Crippen molar-refractivity contribution in [3.63, 3.8) is 0 Å². The van der Waals surface area contributed by atoms with E-state index in [0.717, 1.165) is 37.2 Å². The molecule has 6 nitrogen and oxygen atoms in total. The maximum absolute atomic E-state index is 13.1. The van der Waals surface area contributed by atoms with Crippen LogP contribution in [0.15, 0.2) is 58.3 Å². The van der Waals surface area contributed by atoms with Crippen molar-refractivity contribution in [2.45, 2.75) is 29.7 Å². The molecular weight excluding hydrogens is 348 g/mol. The molecule has 1 N–H and O–H groups in total. The Balaban J connectivity index is 1.58. The number of thioether (sulfide) groups is 1. The highest BCUT2D eigenvalue weighted by atomic mass is 32.2. The highest BCUT2D eigenvalue weighted by molar-refractivity contribution is 8.00. The third kappa shape index (κ3) is 3.67. The van der Waals surface area contributed by atoms with Crippen LogP contribution >= 0.6 is 11.8 Å². The summed E-state index contributed by atoms with van der Waals surface area (Å²) in [6, 6.07) is 13.5. The van der Waals surface area contributed by atoms with E-state index in [0.29, 0.717) is 11.1 Å². The molecule has 134 valence electrons. The minimum atomic E-state index is -0.383. The second-order valence-corrected chi connectivity index (χ2v) is 7.31. The zero-order valence-corrected chi connectivity index (χ0v) is 15.1. The molecule has 7 heteroatoms. The summed E-state index contributed by atoms with van der Waals surface area (Å²) in [6.07, 6.45) is 5.12. The van der Waals surface area contributed by atoms with Gasteiger partial charge in [-0.15, -0.1) is 10.2 Å². The van der Waals surface area contributed by atoms with Gasteiger partial charge in [0, 0.05) is 19.3 Å². The third-order valence-corrected chi connectivity index (χ3v) is 5.52. The normalized spacial score (nSPS) is 15.8. The number of hydrogen-bond donors (Lipinski definition) is 1. The second-order valence-electron chi connectivity index (χ2n) is 6.25. The Labute approximate surface area is 156 Å². The first-order chi connectivity index (χ1) is 12.8. The van der Waals surface area contributed by atoms with Gasteiger partial charge in [-0.1, -0.05) is 30.3 Å². The van der Waals surface area contributed by atoms with Crippen LogP contribution in [-0.2, 0) is 4.79 Å². The van der Waals surface area contributed by atoms with Crippen LogP contribution in [0.3, 0.4) is 0 Å². The highest BCUT2D eigenvalue weighted by Crippen LogP contribution is 2.37. The van der Waals surface area contributed by atoms with Gasteiger partial charge in [-0.2, -0.15) is 0 Å². The number of H-pyrrole nitrogens is 1. The van der Waals surface area contributed by atoms with Crippen LogP contribution in [0.2, 0.25) is 0 Å². The van der Waals surface area contributed by atoms with Crippen molar-refractivity contribution in [3.8, 4) is 11.6 Å². The molecule has 1 aliphatic heterocycles. The molecule has 3 heterocycles. The average molecular weight is 368 g/mol. The van der Waals surface area contributed by atoms with Gasteiger partial charge >= 0.3 is 0 Å². The molecule has 0 radical (unpaired) electrons. The molecule has 0 spiro atoms. The molecule has 1 atom stereocenters. The average Bonchev–Trinajstić information content (AvgIpc) is 3.39. The van der Waals surface area contributed by atoms with Gasteiger partial charge in [0.2, 0.25) is 5.91 Å². The van der Waals surface area contributed by atoms with E-state index >= 15 is 0 Å². The zero-order valence-electron chi connectivity index (χ0n) is 14.3. The molecule has 4 rings (SSSR count). The van der Waals surface area contributed by atoms with E-state index in [1.807, 2.05) is 47.4 Å². The molecule has 1 fully saturated rings. The molecule has 1 aromatic carbocycles. The van der Waals surface area contributed by atoms with Crippen LogP contribution < -0.4 is 0 Å². The number of piperidine rings is 1. The molecule has 1 saturated heterocycles. The minimum Gasteiger partial charge on any atom is -0.410 e. The maximum Gasteiger partial charge on any atom is 0.278 e. The van der Waals surface area contributed by atoms with E-state index in [2.05, 4.69) is 15.2 Å². The largest absolute Gasteiger partial charge is 0.410 e. The molecule has 0 aliphatic carbocycles. The van der Waals surface area contributed by atoms with Crippen LogP contribution in [0.25, 0.3) is 11.6 Å². The Bertz CT molecular complexity index is 842. The number of nitrogens with one attached hydrogen (secondary N) is 1. The van der Waals surface area contributed by atoms with Gasteiger partial charge in [-0.05, 0) is 48.7 Å². The van der Waals surface area contributed by atoms with Gasteiger partial charge in [0.1, 0.15) is 10.9 Å². The first kappa shape index (κ1) is 16.9. The molecule has 1 amide bonds. The van der Waals surface area contributed by atoms with Crippen LogP contribution in [0.1, 0.15) is 30.1 Å². The Morgan fingerprint density at radius 3 is 2.62 bits per heavy atom. The molecule has 0 saturated carbocycles. The number of likely N-dealkylation sites (tertiary alicyclic amines) is 1. The number of carbonyl (C=O) groups is 1. The van der Waals surface area contributed by atoms with E-state index in [-0.39, 0.29) is 11.2 Å². The van der Waals surface area contributed by atoms with E-state index in [4.69, 9.17) is 4.42 Å². The molecule has 3 aromatic rings. The lowest BCUT2D eigenvalue weighted by Gasteiger charge is -2.29. The fourth-order valence-electron chi connectivity index (χ4n) is 3.10. The van der Waals surface area contributed by atoms with Crippen molar-refractivity contribution in [1.29, 1.82) is 0 Å². The van der Waals surface area contributed by atoms with E-state index < -0.39 is 0 Å². The van der Waals surface area contributed by atoms with Crippen molar-refractivity contribution in [2.75, 3.05) is 13.1 Å². The predicted molar refractivity (Wildman–Crippen MR) is 99.6 cm³/mol. The number of aromatic nitrogens is 3. The number of aromatic amines is 1. The summed E-state index contributed by atoms with van der Waals surface area (Å²) >= 11 is 1.32. The standard InChI is InChI=1S/C19H20N4O2S/c24-18(23-12-5-2-6-13-23)16(14-8-3-1-4-9-14)26-19-22-21-17(25-19)15-10-7-11-20-15/h1,3-4,7-11,16,20H,2,5-6,12-13H2. The number of amides is 1. The smallest absolute Gasteiger partial charge is 0.278 e. The fourth-order valence-corrected chi connectivity index (χ4v) is 4.06. The van der Waals surface area contributed by atoms with Gasteiger partial charge in [0.05, 0.1) is 0 Å². The molecule has 0 bridgehead atoms. The van der Waals surface area contributed by atoms with E-state index in [1.54, 1.807) is 6.20 Å². The number of benzene rings is 1. The van der Waals surface area contributed by atoms with Crippen molar-refractivity contribution >= 4 is 17.7 Å². The molecule has 26 heavy (non-hydrogen) atoms. The number of hydrogen-bond acceptors (Lipinski definition) is 5. The van der Waals surface area contributed by atoms with Crippen molar-refractivity contribution in [1.82, 2.24) is 20.1 Å². The van der Waals surface area contributed by atoms with Gasteiger partial charge in [0.25, 0.3) is 11.1 Å². The number of carbonyl (C=O) groups excluding carboxylic acids is 1. The van der Waals surface area contributed by atoms with Gasteiger partial charge in [-0.25, -0.2) is 0 Å². The van der Waals surface area contributed by atoms with E-state index in [1.165, 1.54) is 18.2 Å². The SMILES string of the molecule is O=C(C(Sc1nnc(-c2ccc[nH]2)o1)c1ccccc1)N1CCCCC1. The van der Waals surface area contributed by atoms with E-state index in [9.17, 15) is 4.79 Å². The molecule has 1 aliphatic rings. The van der Waals surface area contributed by atoms with Gasteiger partial charge in [0.15, 0.2) is 0 Å². The Morgan fingerprint density at radius 2 is 1.88 bits per heavy atom. The van der Waals surface area contributed by atoms with Crippen LogP contribution in [0.4, 0.5) is 0 Å². The topological polar surface area (TPSA) is 75.0 Å². The van der Waals surface area contributed by atoms with Crippen LogP contribution in [-0.4, -0.2) is 39.1 Å². The second kappa shape index (κ2) is 7.78. The van der Waals surface area contributed by atoms with Gasteiger partial charge in [-0.3, -0.25) is 4.79 Å². The first-order valence-electron chi connectivity index (χ1n) is 8.79. The summed E-state index contributed by atoms with van der Waals surface area (Å²) in [4.78, 5) is 18.1. The minimum absolute atomic E-state index is 0.112. The van der Waals surface area contributed by atoms with Crippen molar-refractivity contribution in [2.24, 2.45) is 0 Å². The number of nitrogens with zero attached hydrogens (tertiary/aromatic N) is 3. The molecule has 2 aromatic heterocycles. The summed E-state index contributed by atoms with van der Waals surface area (Å²) in [6.45, 7) is 1.64. The summed E-state index contributed by atoms with van der Waals surface area (Å²) in [5.41, 5.74) is 1.72. The third-order valence-electron chi connectivity index (χ3n) is 4.45. The number of rotatable bonds is 5. The quantitative estimate of drug-likeness (QED) is 0.691.